The Morgan fingerprint density at radius 1 is 0.629 bits per heavy atom. The minimum absolute atomic E-state index is 0.00407. The van der Waals surface area contributed by atoms with E-state index in [2.05, 4.69) is 15.0 Å². The highest BCUT2D eigenvalue weighted by Gasteiger charge is 2.17. The fraction of sp³-hybridized carbons (Fsp3) is 0.193. The number of rotatable bonds is 13. The van der Waals surface area contributed by atoms with Crippen LogP contribution in [0.25, 0.3) is 55.7 Å². The largest absolute Gasteiger partial charge is 0.455 e. The first-order valence-corrected chi connectivity index (χ1v) is 19.6. The minimum Gasteiger partial charge on any atom is -0.455 e. The molecule has 0 amide bonds. The molecule has 0 N–H and O–H groups in total. The highest BCUT2D eigenvalue weighted by Crippen LogP contribution is 2.37. The Hall–Kier alpha value is -7.16. The van der Waals surface area contributed by atoms with Gasteiger partial charge in [-0.3, -0.25) is 15.0 Å². The van der Waals surface area contributed by atoms with Crippen LogP contribution in [0.5, 0.6) is 0 Å². The van der Waals surface area contributed by atoms with Gasteiger partial charge in [0.25, 0.3) is 0 Å². The summed E-state index contributed by atoms with van der Waals surface area (Å²) in [5.41, 5.74) is -4.91. The third kappa shape index (κ3) is 8.69. The van der Waals surface area contributed by atoms with E-state index in [1.165, 1.54) is 26.0 Å². The fourth-order valence-corrected chi connectivity index (χ4v) is 6.95. The molecular formula is C57H50N4O. The molecule has 0 saturated heterocycles. The molecule has 62 heavy (non-hydrogen) atoms. The number of furan rings is 1. The van der Waals surface area contributed by atoms with Crippen molar-refractivity contribution in [1.82, 2.24) is 15.0 Å². The van der Waals surface area contributed by atoms with E-state index in [4.69, 9.17) is 15.4 Å². The van der Waals surface area contributed by atoms with Crippen molar-refractivity contribution in [3.05, 3.63) is 208 Å². The summed E-state index contributed by atoms with van der Waals surface area (Å²) in [4.78, 5) is 13.1. The Bertz CT molecular complexity index is 3910. The van der Waals surface area contributed by atoms with Gasteiger partial charge >= 0.3 is 0 Å². The quantitative estimate of drug-likeness (QED) is 0.116. The number of hydrogen-bond acceptors (Lipinski definition) is 5. The van der Waals surface area contributed by atoms with Crippen LogP contribution in [-0.2, 0) is 38.2 Å². The lowest BCUT2D eigenvalue weighted by Crippen LogP contribution is -2.04. The van der Waals surface area contributed by atoms with Crippen molar-refractivity contribution < 1.29 is 33.2 Å². The molecule has 0 unspecified atom stereocenters. The van der Waals surface area contributed by atoms with E-state index in [1.807, 2.05) is 6.07 Å². The van der Waals surface area contributed by atoms with Gasteiger partial charge in [0, 0.05) is 72.1 Å². The van der Waals surface area contributed by atoms with Crippen molar-refractivity contribution in [1.29, 1.82) is 5.26 Å². The number of pyridine rings is 3. The third-order valence-electron chi connectivity index (χ3n) is 10.1. The number of aryl methyl sites for hydroxylation is 8. The van der Waals surface area contributed by atoms with Gasteiger partial charge in [0.2, 0.25) is 0 Å². The topological polar surface area (TPSA) is 75.6 Å². The Morgan fingerprint density at radius 3 is 1.73 bits per heavy atom. The molecule has 9 aromatic rings. The van der Waals surface area contributed by atoms with Crippen LogP contribution in [0.15, 0.2) is 156 Å². The Kier molecular flexibility index (Phi) is 6.50. The standard InChI is InChI=1S/C57H50N4O/c1-37(2)52-32-55(51-17-11-16-50-49-25-21-43(33-58)31-56(49)62-57(50)51)61-36-48(52)24-20-42-29-40(18-22-46-34-59-53(26-38(46)3)44-12-7-5-8-13-44)28-41(30-42)19-23-47-35-60-54(27-39(47)4)45-14-9-6-10-15-45/h5-17,21,25-32,34-37H,18-20,22-24H2,1-4H3/i3D3,4D3,18D2,19D2,20D2,21D,22D2,23D2,24D2,31D,37D. The summed E-state index contributed by atoms with van der Waals surface area (Å²) < 4.78 is 199. The van der Waals surface area contributed by atoms with Crippen LogP contribution < -0.4 is 0 Å². The zero-order valence-electron chi connectivity index (χ0n) is 54.5. The SMILES string of the molecule is [2H]c1cc2c(oc3c(-c4cc(C([2H])(C)C)c(C([2H])([2H])C([2H])([2H])c5cc(C([2H])([2H])C([2H])([2H])c6cnc(-c7ccccc7)cc6C([2H])([2H])[2H])cc(C([2H])([2H])C([2H])([2H])c6cnc(-c7ccccc7)cc6C([2H])([2H])[2H])c5)cn4)cccc32)c([2H])c1C#N. The summed E-state index contributed by atoms with van der Waals surface area (Å²) >= 11 is 0. The van der Waals surface area contributed by atoms with E-state index in [0.717, 1.165) is 42.9 Å². The van der Waals surface area contributed by atoms with Crippen LogP contribution in [0, 0.1) is 25.0 Å². The summed E-state index contributed by atoms with van der Waals surface area (Å²) in [6.45, 7) is -3.42. The minimum atomic E-state index is -3.55. The first kappa shape index (κ1) is 22.6. The number of hydrogen-bond donors (Lipinski definition) is 0. The van der Waals surface area contributed by atoms with Crippen molar-refractivity contribution in [2.75, 3.05) is 0 Å². The van der Waals surface area contributed by atoms with E-state index in [9.17, 15) is 23.1 Å². The lowest BCUT2D eigenvalue weighted by atomic mass is 9.91. The van der Waals surface area contributed by atoms with Crippen LogP contribution in [0.3, 0.4) is 0 Å². The molecule has 0 fully saturated rings. The first-order valence-electron chi connectivity index (χ1n) is 30.1. The normalized spacial score (nSPS) is 18.4. The molecule has 0 aliphatic heterocycles. The smallest absolute Gasteiger partial charge is 0.144 e. The summed E-state index contributed by atoms with van der Waals surface area (Å²) in [6.07, 6.45) is -18.2. The van der Waals surface area contributed by atoms with Gasteiger partial charge in [-0.25, -0.2) is 0 Å². The van der Waals surface area contributed by atoms with Gasteiger partial charge in [-0.1, -0.05) is 105 Å². The molecular weight excluding hydrogens is 757 g/mol. The second-order valence-electron chi connectivity index (χ2n) is 14.6. The molecule has 304 valence electrons. The van der Waals surface area contributed by atoms with E-state index < -0.39 is 102 Å². The predicted octanol–water partition coefficient (Wildman–Crippen LogP) is 13.7. The maximum Gasteiger partial charge on any atom is 0.144 e. The van der Waals surface area contributed by atoms with Crippen molar-refractivity contribution in [2.45, 2.75) is 71.7 Å². The molecule has 9 rings (SSSR count). The van der Waals surface area contributed by atoms with Gasteiger partial charge in [-0.05, 0) is 150 Å². The highest BCUT2D eigenvalue weighted by atomic mass is 16.3. The molecule has 0 spiro atoms. The molecule has 0 atom stereocenters. The van der Waals surface area contributed by atoms with Crippen LogP contribution >= 0.6 is 0 Å². The number of aromatic nitrogens is 3. The predicted molar refractivity (Wildman–Crippen MR) is 253 cm³/mol. The van der Waals surface area contributed by atoms with Gasteiger partial charge in [0.15, 0.2) is 0 Å². The zero-order chi connectivity index (χ0) is 61.0. The maximum absolute atomic E-state index is 9.78. The Morgan fingerprint density at radius 2 is 1.18 bits per heavy atom. The fourth-order valence-electron chi connectivity index (χ4n) is 6.95. The van der Waals surface area contributed by atoms with Crippen LogP contribution in [0.4, 0.5) is 0 Å². The van der Waals surface area contributed by atoms with E-state index >= 15 is 0 Å². The molecule has 4 heterocycles. The van der Waals surface area contributed by atoms with Gasteiger partial charge in [0.05, 0.1) is 31.5 Å². The maximum atomic E-state index is 9.78. The Labute approximate surface area is 394 Å². The Balaban J connectivity index is 1.25. The van der Waals surface area contributed by atoms with Gasteiger partial charge in [0.1, 0.15) is 11.2 Å². The molecule has 4 aromatic heterocycles. The first-order chi connectivity index (χ1) is 38.4. The zero-order valence-corrected chi connectivity index (χ0v) is 33.5. The molecule has 0 aliphatic rings. The van der Waals surface area contributed by atoms with E-state index in [1.54, 1.807) is 78.9 Å². The number of para-hydroxylation sites is 1. The summed E-state index contributed by atoms with van der Waals surface area (Å²) in [5.74, 6) is -1.77. The average molecular weight is 828 g/mol. The van der Waals surface area contributed by atoms with Crippen molar-refractivity contribution >= 4 is 21.9 Å². The number of nitriles is 1. The summed E-state index contributed by atoms with van der Waals surface area (Å²) in [5, 5.41) is 10.4. The second kappa shape index (κ2) is 17.8. The molecule has 0 aliphatic carbocycles. The van der Waals surface area contributed by atoms with Crippen molar-refractivity contribution in [3.63, 3.8) is 0 Å². The lowest BCUT2D eigenvalue weighted by molar-refractivity contribution is 0.669. The van der Waals surface area contributed by atoms with Crippen LogP contribution in [0.1, 0.15) is 104 Å². The molecule has 5 heteroatoms. The van der Waals surface area contributed by atoms with Gasteiger partial charge in [-0.2, -0.15) is 5.26 Å². The molecule has 5 aromatic carbocycles. The van der Waals surface area contributed by atoms with Crippen LogP contribution in [-0.4, -0.2) is 15.0 Å². The summed E-state index contributed by atoms with van der Waals surface area (Å²) in [6, 6.07) is 29.8. The highest BCUT2D eigenvalue weighted by molar-refractivity contribution is 6.09. The number of nitrogens with zero attached hydrogens (tertiary/aromatic N) is 4. The monoisotopic (exact) mass is 828 g/mol. The van der Waals surface area contributed by atoms with E-state index in [0.29, 0.717) is 28.0 Å². The van der Waals surface area contributed by atoms with Gasteiger partial charge < -0.3 is 4.42 Å². The summed E-state index contributed by atoms with van der Waals surface area (Å²) in [7, 11) is 0. The second-order valence-corrected chi connectivity index (χ2v) is 14.6. The molecule has 0 radical (unpaired) electrons. The van der Waals surface area contributed by atoms with Gasteiger partial charge in [-0.15, -0.1) is 0 Å². The van der Waals surface area contributed by atoms with E-state index in [-0.39, 0.29) is 57.0 Å². The van der Waals surface area contributed by atoms with Crippen molar-refractivity contribution in [2.24, 2.45) is 0 Å². The molecule has 5 nitrogen and oxygen atoms in total. The number of fused-ring (bicyclic) bond motifs is 3. The number of benzene rings is 5. The van der Waals surface area contributed by atoms with Crippen molar-refractivity contribution in [3.8, 4) is 39.8 Å². The lowest BCUT2D eigenvalue weighted by Gasteiger charge is -2.16. The third-order valence-corrected chi connectivity index (χ3v) is 10.1. The molecule has 0 saturated carbocycles. The average Bonchev–Trinajstić information content (AvgIpc) is 4.01. The molecule has 0 bridgehead atoms. The van der Waals surface area contributed by atoms with Crippen LogP contribution in [0.2, 0.25) is 0 Å².